The van der Waals surface area contributed by atoms with Crippen molar-refractivity contribution in [2.75, 3.05) is 12.3 Å². The van der Waals surface area contributed by atoms with Crippen molar-refractivity contribution in [1.82, 2.24) is 9.97 Å². The van der Waals surface area contributed by atoms with Crippen molar-refractivity contribution in [2.24, 2.45) is 5.73 Å². The molecule has 0 radical (unpaired) electrons. The van der Waals surface area contributed by atoms with Crippen LogP contribution in [0.2, 0.25) is 0 Å². The quantitative estimate of drug-likeness (QED) is 0.451. The first kappa shape index (κ1) is 16.8. The molecule has 0 aliphatic heterocycles. The van der Waals surface area contributed by atoms with Crippen molar-refractivity contribution in [3.05, 3.63) is 60.7 Å². The van der Waals surface area contributed by atoms with Gasteiger partial charge in [-0.1, -0.05) is 78.8 Å². The molecular formula is C20H23N3S. The van der Waals surface area contributed by atoms with Gasteiger partial charge in [-0.25, -0.2) is 4.98 Å². The third-order valence-corrected chi connectivity index (χ3v) is 4.84. The molecule has 0 saturated carbocycles. The number of nitrogens with one attached hydrogen (secondary N) is 1. The topological polar surface area (TPSA) is 54.7 Å². The van der Waals surface area contributed by atoms with Gasteiger partial charge >= 0.3 is 0 Å². The molecular weight excluding hydrogens is 314 g/mol. The molecule has 0 bridgehead atoms. The van der Waals surface area contributed by atoms with Crippen LogP contribution in [0.3, 0.4) is 0 Å². The molecule has 3 nitrogen and oxygen atoms in total. The second kappa shape index (κ2) is 8.71. The number of nitrogens with two attached hydrogens (primary N) is 1. The summed E-state index contributed by atoms with van der Waals surface area (Å²) in [5.74, 6) is 1.07. The highest BCUT2D eigenvalue weighted by Crippen LogP contribution is 2.32. The van der Waals surface area contributed by atoms with Crippen LogP contribution in [0.25, 0.3) is 22.5 Å². The van der Waals surface area contributed by atoms with Crippen LogP contribution in [0, 0.1) is 0 Å². The standard InChI is InChI=1S/C20H23N3S/c21-14-8-3-9-15-24-20-22-18(16-10-4-1-5-11-16)19(23-20)17-12-6-2-7-13-17/h1-2,4-7,10-13H,3,8-9,14-15,21H2,(H,22,23). The van der Waals surface area contributed by atoms with Crippen LogP contribution in [-0.2, 0) is 0 Å². The molecule has 0 aliphatic carbocycles. The number of imidazole rings is 1. The maximum atomic E-state index is 5.55. The summed E-state index contributed by atoms with van der Waals surface area (Å²) in [6, 6.07) is 20.8. The average Bonchev–Trinajstić information content (AvgIpc) is 3.07. The van der Waals surface area contributed by atoms with Crippen LogP contribution in [0.4, 0.5) is 0 Å². The van der Waals surface area contributed by atoms with Crippen molar-refractivity contribution in [3.8, 4) is 22.5 Å². The largest absolute Gasteiger partial charge is 0.332 e. The van der Waals surface area contributed by atoms with Crippen LogP contribution in [-0.4, -0.2) is 22.3 Å². The molecule has 0 unspecified atom stereocenters. The van der Waals surface area contributed by atoms with Gasteiger partial charge in [-0.15, -0.1) is 0 Å². The van der Waals surface area contributed by atoms with Gasteiger partial charge in [-0.2, -0.15) is 0 Å². The summed E-state index contributed by atoms with van der Waals surface area (Å²) in [4.78, 5) is 8.37. The Kier molecular flexibility index (Phi) is 6.10. The van der Waals surface area contributed by atoms with Crippen molar-refractivity contribution in [2.45, 2.75) is 24.4 Å². The molecule has 0 spiro atoms. The Balaban J connectivity index is 1.83. The fourth-order valence-electron chi connectivity index (χ4n) is 2.63. The smallest absolute Gasteiger partial charge is 0.166 e. The van der Waals surface area contributed by atoms with E-state index >= 15 is 0 Å². The Bertz CT molecular complexity index is 681. The number of aromatic amines is 1. The van der Waals surface area contributed by atoms with E-state index in [1.165, 1.54) is 18.4 Å². The third kappa shape index (κ3) is 4.28. The summed E-state index contributed by atoms with van der Waals surface area (Å²) < 4.78 is 0. The van der Waals surface area contributed by atoms with E-state index in [1.54, 1.807) is 11.8 Å². The molecule has 4 heteroatoms. The highest BCUT2D eigenvalue weighted by Gasteiger charge is 2.13. The molecule has 0 saturated heterocycles. The Morgan fingerprint density at radius 3 is 2.17 bits per heavy atom. The summed E-state index contributed by atoms with van der Waals surface area (Å²) in [7, 11) is 0. The van der Waals surface area contributed by atoms with Gasteiger partial charge < -0.3 is 10.7 Å². The van der Waals surface area contributed by atoms with E-state index in [0.717, 1.165) is 40.8 Å². The highest BCUT2D eigenvalue weighted by molar-refractivity contribution is 7.99. The zero-order chi connectivity index (χ0) is 16.6. The van der Waals surface area contributed by atoms with Crippen molar-refractivity contribution >= 4 is 11.8 Å². The minimum absolute atomic E-state index is 0.779. The van der Waals surface area contributed by atoms with Crippen LogP contribution >= 0.6 is 11.8 Å². The first-order chi connectivity index (χ1) is 11.9. The Hall–Kier alpha value is -2.04. The molecule has 2 aromatic carbocycles. The first-order valence-electron chi connectivity index (χ1n) is 8.42. The molecule has 3 rings (SSSR count). The third-order valence-electron chi connectivity index (χ3n) is 3.88. The number of benzene rings is 2. The van der Waals surface area contributed by atoms with Crippen molar-refractivity contribution in [1.29, 1.82) is 0 Å². The van der Waals surface area contributed by atoms with Crippen molar-refractivity contribution < 1.29 is 0 Å². The monoisotopic (exact) mass is 337 g/mol. The van der Waals surface area contributed by atoms with Gasteiger partial charge in [-0.3, -0.25) is 0 Å². The zero-order valence-corrected chi connectivity index (χ0v) is 14.6. The number of unbranched alkanes of at least 4 members (excludes halogenated alkanes) is 2. The Morgan fingerprint density at radius 2 is 1.50 bits per heavy atom. The molecule has 3 aromatic rings. The van der Waals surface area contributed by atoms with Gasteiger partial charge in [0.05, 0.1) is 11.4 Å². The van der Waals surface area contributed by atoms with E-state index in [2.05, 4.69) is 53.5 Å². The summed E-state index contributed by atoms with van der Waals surface area (Å²) >= 11 is 1.79. The van der Waals surface area contributed by atoms with E-state index in [-0.39, 0.29) is 0 Å². The highest BCUT2D eigenvalue weighted by atomic mass is 32.2. The number of hydrogen-bond donors (Lipinski definition) is 2. The molecule has 1 heterocycles. The summed E-state index contributed by atoms with van der Waals surface area (Å²) in [5.41, 5.74) is 9.96. The number of rotatable bonds is 8. The molecule has 0 amide bonds. The lowest BCUT2D eigenvalue weighted by Gasteiger charge is -2.02. The van der Waals surface area contributed by atoms with E-state index < -0.39 is 0 Å². The van der Waals surface area contributed by atoms with Crippen molar-refractivity contribution in [3.63, 3.8) is 0 Å². The van der Waals surface area contributed by atoms with E-state index in [4.69, 9.17) is 10.7 Å². The van der Waals surface area contributed by atoms with Crippen LogP contribution in [0.1, 0.15) is 19.3 Å². The van der Waals surface area contributed by atoms with Crippen LogP contribution in [0.15, 0.2) is 65.8 Å². The maximum absolute atomic E-state index is 5.55. The summed E-state index contributed by atoms with van der Waals surface area (Å²) in [6.45, 7) is 0.779. The predicted molar refractivity (Wildman–Crippen MR) is 103 cm³/mol. The van der Waals surface area contributed by atoms with Gasteiger partial charge in [-0.05, 0) is 19.4 Å². The SMILES string of the molecule is NCCCCCSc1nc(-c2ccccc2)c(-c2ccccc2)[nH]1. The zero-order valence-electron chi connectivity index (χ0n) is 13.7. The Labute approximate surface area is 147 Å². The van der Waals surface area contributed by atoms with Gasteiger partial charge in [0.2, 0.25) is 0 Å². The summed E-state index contributed by atoms with van der Waals surface area (Å²) in [5, 5.41) is 0.987. The van der Waals surface area contributed by atoms with Gasteiger partial charge in [0.1, 0.15) is 0 Å². The van der Waals surface area contributed by atoms with Gasteiger partial charge in [0.15, 0.2) is 5.16 Å². The summed E-state index contributed by atoms with van der Waals surface area (Å²) in [6.07, 6.45) is 3.45. The lowest BCUT2D eigenvalue weighted by atomic mass is 10.1. The van der Waals surface area contributed by atoms with E-state index in [1.807, 2.05) is 12.1 Å². The fraction of sp³-hybridized carbons (Fsp3) is 0.250. The average molecular weight is 337 g/mol. The van der Waals surface area contributed by atoms with Gasteiger partial charge in [0.25, 0.3) is 0 Å². The van der Waals surface area contributed by atoms with Crippen LogP contribution in [0.5, 0.6) is 0 Å². The first-order valence-corrected chi connectivity index (χ1v) is 9.41. The molecule has 0 atom stereocenters. The maximum Gasteiger partial charge on any atom is 0.166 e. The second-order valence-electron chi connectivity index (χ2n) is 5.70. The number of nitrogens with zero attached hydrogens (tertiary/aromatic N) is 1. The number of H-pyrrole nitrogens is 1. The minimum Gasteiger partial charge on any atom is -0.332 e. The lowest BCUT2D eigenvalue weighted by molar-refractivity contribution is 0.732. The van der Waals surface area contributed by atoms with Crippen LogP contribution < -0.4 is 5.73 Å². The van der Waals surface area contributed by atoms with E-state index in [0.29, 0.717) is 0 Å². The number of aromatic nitrogens is 2. The Morgan fingerprint density at radius 1 is 0.833 bits per heavy atom. The number of hydrogen-bond acceptors (Lipinski definition) is 3. The minimum atomic E-state index is 0.779. The molecule has 3 N–H and O–H groups in total. The van der Waals surface area contributed by atoms with E-state index in [9.17, 15) is 0 Å². The number of thioether (sulfide) groups is 1. The second-order valence-corrected chi connectivity index (χ2v) is 6.78. The molecule has 0 aliphatic rings. The molecule has 0 fully saturated rings. The molecule has 1 aromatic heterocycles. The molecule has 24 heavy (non-hydrogen) atoms. The predicted octanol–water partition coefficient (Wildman–Crippen LogP) is 4.96. The lowest BCUT2D eigenvalue weighted by Crippen LogP contribution is -1.97. The molecule has 124 valence electrons. The van der Waals surface area contributed by atoms with Gasteiger partial charge in [0, 0.05) is 16.9 Å². The normalized spacial score (nSPS) is 10.9. The fourth-order valence-corrected chi connectivity index (χ4v) is 3.50.